The Morgan fingerprint density at radius 1 is 1.00 bits per heavy atom. The van der Waals surface area contributed by atoms with E-state index in [1.165, 1.54) is 6.92 Å². The van der Waals surface area contributed by atoms with Gasteiger partial charge in [-0.3, -0.25) is 4.79 Å². The lowest BCUT2D eigenvalue weighted by Crippen LogP contribution is -2.05. The number of hydrogen-bond donors (Lipinski definition) is 2. The number of carbonyl (C=O) groups is 1. The van der Waals surface area contributed by atoms with Crippen molar-refractivity contribution < 1.29 is 4.79 Å². The van der Waals surface area contributed by atoms with Crippen LogP contribution in [0.15, 0.2) is 67.0 Å². The van der Waals surface area contributed by atoms with E-state index in [9.17, 15) is 4.79 Å². The van der Waals surface area contributed by atoms with E-state index in [2.05, 4.69) is 15.7 Å². The minimum atomic E-state index is -0.0763. The van der Waals surface area contributed by atoms with Gasteiger partial charge >= 0.3 is 0 Å². The van der Waals surface area contributed by atoms with Gasteiger partial charge in [-0.25, -0.2) is 4.68 Å². The summed E-state index contributed by atoms with van der Waals surface area (Å²) in [6.45, 7) is 1.49. The Bertz CT molecular complexity index is 764. The van der Waals surface area contributed by atoms with E-state index in [0.29, 0.717) is 0 Å². The highest BCUT2D eigenvalue weighted by Gasteiger charge is 2.00. The molecular weight excluding hydrogens is 276 g/mol. The number of nitrogens with zero attached hydrogens (tertiary/aromatic N) is 2. The van der Waals surface area contributed by atoms with Gasteiger partial charge < -0.3 is 10.6 Å². The number of hydrogen-bond acceptors (Lipinski definition) is 3. The maximum atomic E-state index is 11.0. The van der Waals surface area contributed by atoms with Crippen molar-refractivity contribution >= 4 is 23.0 Å². The minimum Gasteiger partial charge on any atom is -0.355 e. The highest BCUT2D eigenvalue weighted by molar-refractivity contribution is 5.88. The molecule has 0 saturated heterocycles. The zero-order valence-electron chi connectivity index (χ0n) is 12.2. The SMILES string of the molecule is CC(=O)Nc1ccc(Nc2cccc(-n3cccn3)c2)cc1. The molecule has 0 aliphatic carbocycles. The molecule has 1 heterocycles. The van der Waals surface area contributed by atoms with Gasteiger partial charge in [-0.2, -0.15) is 5.10 Å². The van der Waals surface area contributed by atoms with Gasteiger partial charge in [-0.05, 0) is 48.5 Å². The molecule has 5 heteroatoms. The maximum absolute atomic E-state index is 11.0. The molecule has 1 amide bonds. The largest absolute Gasteiger partial charge is 0.355 e. The summed E-state index contributed by atoms with van der Waals surface area (Å²) in [4.78, 5) is 11.0. The van der Waals surface area contributed by atoms with Crippen LogP contribution in [0.1, 0.15) is 6.92 Å². The Balaban J connectivity index is 1.76. The highest BCUT2D eigenvalue weighted by atomic mass is 16.1. The number of carbonyl (C=O) groups excluding carboxylic acids is 1. The van der Waals surface area contributed by atoms with Crippen LogP contribution in [0, 0.1) is 0 Å². The van der Waals surface area contributed by atoms with Gasteiger partial charge in [0.25, 0.3) is 0 Å². The van der Waals surface area contributed by atoms with Crippen LogP contribution in [0.3, 0.4) is 0 Å². The predicted molar refractivity (Wildman–Crippen MR) is 87.6 cm³/mol. The number of nitrogens with one attached hydrogen (secondary N) is 2. The third-order valence-electron chi connectivity index (χ3n) is 3.11. The number of amides is 1. The molecule has 0 fully saturated rings. The molecule has 0 atom stereocenters. The fourth-order valence-electron chi connectivity index (χ4n) is 2.15. The summed E-state index contributed by atoms with van der Waals surface area (Å²) in [5.41, 5.74) is 3.69. The quantitative estimate of drug-likeness (QED) is 0.772. The van der Waals surface area contributed by atoms with E-state index in [-0.39, 0.29) is 5.91 Å². The molecule has 0 aliphatic heterocycles. The molecule has 0 saturated carbocycles. The van der Waals surface area contributed by atoms with Crippen LogP contribution in [0.25, 0.3) is 5.69 Å². The van der Waals surface area contributed by atoms with Gasteiger partial charge in [0.05, 0.1) is 5.69 Å². The van der Waals surface area contributed by atoms with E-state index in [0.717, 1.165) is 22.7 Å². The Morgan fingerprint density at radius 3 is 2.45 bits per heavy atom. The molecule has 0 bridgehead atoms. The first-order valence-electron chi connectivity index (χ1n) is 6.95. The van der Waals surface area contributed by atoms with Crippen molar-refractivity contribution in [3.63, 3.8) is 0 Å². The smallest absolute Gasteiger partial charge is 0.221 e. The summed E-state index contributed by atoms with van der Waals surface area (Å²) in [5.74, 6) is -0.0763. The van der Waals surface area contributed by atoms with Gasteiger partial charge in [0.15, 0.2) is 0 Å². The second kappa shape index (κ2) is 6.13. The van der Waals surface area contributed by atoms with Crippen molar-refractivity contribution in [1.29, 1.82) is 0 Å². The normalized spacial score (nSPS) is 10.2. The Morgan fingerprint density at radius 2 is 1.77 bits per heavy atom. The van der Waals surface area contributed by atoms with Crippen molar-refractivity contribution in [3.05, 3.63) is 67.0 Å². The van der Waals surface area contributed by atoms with Gasteiger partial charge in [-0.1, -0.05) is 6.07 Å². The Labute approximate surface area is 128 Å². The van der Waals surface area contributed by atoms with Crippen LogP contribution in [0.5, 0.6) is 0 Å². The number of anilines is 3. The highest BCUT2D eigenvalue weighted by Crippen LogP contribution is 2.21. The van der Waals surface area contributed by atoms with E-state index < -0.39 is 0 Å². The van der Waals surface area contributed by atoms with Crippen LogP contribution in [-0.4, -0.2) is 15.7 Å². The summed E-state index contributed by atoms with van der Waals surface area (Å²) >= 11 is 0. The topological polar surface area (TPSA) is 59.0 Å². The molecule has 0 aliphatic rings. The molecule has 0 unspecified atom stereocenters. The molecule has 3 aromatic rings. The van der Waals surface area contributed by atoms with E-state index in [4.69, 9.17) is 0 Å². The Kier molecular flexibility index (Phi) is 3.87. The minimum absolute atomic E-state index is 0.0763. The first kappa shape index (κ1) is 13.9. The maximum Gasteiger partial charge on any atom is 0.221 e. The molecule has 110 valence electrons. The summed E-state index contributed by atoms with van der Waals surface area (Å²) in [6.07, 6.45) is 3.65. The predicted octanol–water partition coefficient (Wildman–Crippen LogP) is 3.57. The molecule has 2 N–H and O–H groups in total. The van der Waals surface area contributed by atoms with Crippen molar-refractivity contribution in [1.82, 2.24) is 9.78 Å². The first-order valence-corrected chi connectivity index (χ1v) is 6.95. The zero-order chi connectivity index (χ0) is 15.4. The average molecular weight is 292 g/mol. The van der Waals surface area contributed by atoms with Crippen molar-refractivity contribution in [2.45, 2.75) is 6.92 Å². The van der Waals surface area contributed by atoms with Crippen LogP contribution < -0.4 is 10.6 Å². The van der Waals surface area contributed by atoms with Crippen LogP contribution in [0.2, 0.25) is 0 Å². The van der Waals surface area contributed by atoms with E-state index in [1.807, 2.05) is 65.5 Å². The lowest BCUT2D eigenvalue weighted by molar-refractivity contribution is -0.114. The van der Waals surface area contributed by atoms with Crippen molar-refractivity contribution in [2.75, 3.05) is 10.6 Å². The third-order valence-corrected chi connectivity index (χ3v) is 3.11. The standard InChI is InChI=1S/C17H16N4O/c1-13(22)19-14-6-8-15(9-7-14)20-16-4-2-5-17(12-16)21-11-3-10-18-21/h2-12,20H,1H3,(H,19,22). The van der Waals surface area contributed by atoms with Gasteiger partial charge in [0.2, 0.25) is 5.91 Å². The molecule has 0 spiro atoms. The molecule has 5 nitrogen and oxygen atoms in total. The van der Waals surface area contributed by atoms with Gasteiger partial charge in [-0.15, -0.1) is 0 Å². The Hall–Kier alpha value is -3.08. The van der Waals surface area contributed by atoms with Crippen molar-refractivity contribution in [3.8, 4) is 5.69 Å². The van der Waals surface area contributed by atoms with Crippen LogP contribution in [-0.2, 0) is 4.79 Å². The van der Waals surface area contributed by atoms with Crippen molar-refractivity contribution in [2.24, 2.45) is 0 Å². The van der Waals surface area contributed by atoms with Crippen LogP contribution >= 0.6 is 0 Å². The van der Waals surface area contributed by atoms with Gasteiger partial charge in [0.1, 0.15) is 0 Å². The van der Waals surface area contributed by atoms with E-state index >= 15 is 0 Å². The molecule has 1 aromatic heterocycles. The molecule has 0 radical (unpaired) electrons. The fourth-order valence-corrected chi connectivity index (χ4v) is 2.15. The fraction of sp³-hybridized carbons (Fsp3) is 0.0588. The number of benzene rings is 2. The van der Waals surface area contributed by atoms with Gasteiger partial charge in [0, 0.05) is 36.4 Å². The van der Waals surface area contributed by atoms with Crippen LogP contribution in [0.4, 0.5) is 17.1 Å². The number of aromatic nitrogens is 2. The number of rotatable bonds is 4. The lowest BCUT2D eigenvalue weighted by atomic mass is 10.2. The first-order chi connectivity index (χ1) is 10.7. The zero-order valence-corrected chi connectivity index (χ0v) is 12.2. The summed E-state index contributed by atoms with van der Waals surface area (Å²) in [7, 11) is 0. The third kappa shape index (κ3) is 3.32. The summed E-state index contributed by atoms with van der Waals surface area (Å²) in [6, 6.07) is 17.5. The molecule has 22 heavy (non-hydrogen) atoms. The average Bonchev–Trinajstić information content (AvgIpc) is 3.03. The molecule has 2 aromatic carbocycles. The second-order valence-corrected chi connectivity index (χ2v) is 4.88. The summed E-state index contributed by atoms with van der Waals surface area (Å²) in [5, 5.41) is 10.3. The second-order valence-electron chi connectivity index (χ2n) is 4.88. The summed E-state index contributed by atoms with van der Waals surface area (Å²) < 4.78 is 1.81. The van der Waals surface area contributed by atoms with E-state index in [1.54, 1.807) is 6.20 Å². The monoisotopic (exact) mass is 292 g/mol. The molecule has 3 rings (SSSR count). The molecular formula is C17H16N4O. The lowest BCUT2D eigenvalue weighted by Gasteiger charge is -2.09.